The number of carbonyl (C=O) groups is 2. The molecular formula is C24H31N5O5S2. The van der Waals surface area contributed by atoms with Crippen LogP contribution < -0.4 is 21.0 Å². The van der Waals surface area contributed by atoms with Gasteiger partial charge in [-0.25, -0.2) is 4.98 Å². The molecule has 0 bridgehead atoms. The second-order valence-electron chi connectivity index (χ2n) is 7.71. The van der Waals surface area contributed by atoms with Crippen molar-refractivity contribution >= 4 is 44.7 Å². The second kappa shape index (κ2) is 12.9. The number of primary amides is 1. The van der Waals surface area contributed by atoms with Gasteiger partial charge in [-0.3, -0.25) is 9.59 Å². The van der Waals surface area contributed by atoms with E-state index in [1.54, 1.807) is 26.4 Å². The molecule has 2 amide bonds. The van der Waals surface area contributed by atoms with Crippen LogP contribution in [0, 0.1) is 6.92 Å². The minimum absolute atomic E-state index is 0.267. The number of allylic oxidation sites excluding steroid dienone is 1. The summed E-state index contributed by atoms with van der Waals surface area (Å²) in [5.74, 6) is -0.499. The highest BCUT2D eigenvalue weighted by molar-refractivity contribution is 7.16. The van der Waals surface area contributed by atoms with Gasteiger partial charge in [-0.1, -0.05) is 30.4 Å². The van der Waals surface area contributed by atoms with Crippen LogP contribution in [-0.4, -0.2) is 55.0 Å². The molecule has 1 aromatic carbocycles. The van der Waals surface area contributed by atoms with Gasteiger partial charge in [0.2, 0.25) is 5.91 Å². The van der Waals surface area contributed by atoms with E-state index in [2.05, 4.69) is 9.98 Å². The Bertz CT molecular complexity index is 1320. The Kier molecular flexibility index (Phi) is 9.90. The molecule has 12 heteroatoms. The van der Waals surface area contributed by atoms with Crippen LogP contribution in [0.25, 0.3) is 10.2 Å². The molecule has 0 aliphatic heterocycles. The highest BCUT2D eigenvalue weighted by Crippen LogP contribution is 2.30. The van der Waals surface area contributed by atoms with E-state index in [1.807, 2.05) is 30.6 Å². The highest BCUT2D eigenvalue weighted by atomic mass is 32.1. The summed E-state index contributed by atoms with van der Waals surface area (Å²) in [4.78, 5) is 35.1. The van der Waals surface area contributed by atoms with Crippen LogP contribution >= 0.6 is 22.7 Å². The lowest BCUT2D eigenvalue weighted by Crippen LogP contribution is -2.19. The molecule has 0 aliphatic rings. The molecule has 0 unspecified atom stereocenters. The molecular weight excluding hydrogens is 502 g/mol. The van der Waals surface area contributed by atoms with Crippen LogP contribution in [0.5, 0.6) is 5.75 Å². The van der Waals surface area contributed by atoms with Gasteiger partial charge in [0, 0.05) is 39.3 Å². The van der Waals surface area contributed by atoms with Crippen LogP contribution in [0.1, 0.15) is 44.1 Å². The SMILES string of the molecule is CCc1nc(C)sc1C(=O)/N=c1\sc2cc(C(N)=O)cc(OCCC(OC)OC)c2n1C/C=C/CN. The topological polar surface area (TPSA) is 144 Å². The van der Waals surface area contributed by atoms with Crippen molar-refractivity contribution in [1.82, 2.24) is 9.55 Å². The molecule has 10 nitrogen and oxygen atoms in total. The quantitative estimate of drug-likeness (QED) is 0.269. The zero-order valence-electron chi connectivity index (χ0n) is 20.8. The fraction of sp³-hybridized carbons (Fsp3) is 0.417. The number of fused-ring (bicyclic) bond motifs is 1. The smallest absolute Gasteiger partial charge is 0.291 e. The zero-order valence-corrected chi connectivity index (χ0v) is 22.4. The number of methoxy groups -OCH3 is 2. The van der Waals surface area contributed by atoms with Crippen molar-refractivity contribution in [3.05, 3.63) is 50.2 Å². The predicted octanol–water partition coefficient (Wildman–Crippen LogP) is 2.77. The normalized spacial score (nSPS) is 12.3. The van der Waals surface area contributed by atoms with Gasteiger partial charge < -0.3 is 30.2 Å². The summed E-state index contributed by atoms with van der Waals surface area (Å²) in [5, 5.41) is 0.813. The van der Waals surface area contributed by atoms with E-state index >= 15 is 0 Å². The number of nitrogens with two attached hydrogens (primary N) is 2. The maximum Gasteiger partial charge on any atom is 0.291 e. The first-order chi connectivity index (χ1) is 17.3. The van der Waals surface area contributed by atoms with E-state index in [4.69, 9.17) is 25.7 Å². The maximum absolute atomic E-state index is 13.2. The lowest BCUT2D eigenvalue weighted by atomic mass is 10.2. The summed E-state index contributed by atoms with van der Waals surface area (Å²) < 4.78 is 19.1. The molecule has 36 heavy (non-hydrogen) atoms. The number of nitrogens with zero attached hydrogens (tertiary/aromatic N) is 3. The Morgan fingerprint density at radius 1 is 1.22 bits per heavy atom. The number of ether oxygens (including phenoxy) is 3. The molecule has 3 aromatic rings. The Balaban J connectivity index is 2.16. The Morgan fingerprint density at radius 2 is 1.97 bits per heavy atom. The molecule has 0 saturated carbocycles. The third-order valence-electron chi connectivity index (χ3n) is 5.28. The monoisotopic (exact) mass is 533 g/mol. The number of aryl methyl sites for hydroxylation is 2. The lowest BCUT2D eigenvalue weighted by Gasteiger charge is -2.15. The first kappa shape index (κ1) is 27.7. The second-order valence-corrected chi connectivity index (χ2v) is 9.92. The molecule has 0 radical (unpaired) electrons. The number of hydrogen-bond acceptors (Lipinski definition) is 9. The molecule has 0 aliphatic carbocycles. The summed E-state index contributed by atoms with van der Waals surface area (Å²) >= 11 is 2.61. The summed E-state index contributed by atoms with van der Waals surface area (Å²) in [6, 6.07) is 3.28. The van der Waals surface area contributed by atoms with Gasteiger partial charge in [-0.05, 0) is 25.5 Å². The molecule has 2 aromatic heterocycles. The first-order valence-electron chi connectivity index (χ1n) is 11.4. The van der Waals surface area contributed by atoms with Gasteiger partial charge in [0.1, 0.15) is 16.1 Å². The molecule has 194 valence electrons. The average Bonchev–Trinajstić information content (AvgIpc) is 3.41. The summed E-state index contributed by atoms with van der Waals surface area (Å²) in [7, 11) is 3.10. The molecule has 4 N–H and O–H groups in total. The molecule has 2 heterocycles. The number of carbonyl (C=O) groups excluding carboxylic acids is 2. The zero-order chi connectivity index (χ0) is 26.2. The Labute approximate surface area is 217 Å². The van der Waals surface area contributed by atoms with Crippen molar-refractivity contribution in [3.8, 4) is 5.75 Å². The fourth-order valence-corrected chi connectivity index (χ4v) is 5.55. The van der Waals surface area contributed by atoms with Crippen LogP contribution in [0.2, 0.25) is 0 Å². The van der Waals surface area contributed by atoms with Crippen LogP contribution in [-0.2, 0) is 22.4 Å². The van der Waals surface area contributed by atoms with Gasteiger partial charge in [-0.15, -0.1) is 11.3 Å². The number of hydrogen-bond donors (Lipinski definition) is 2. The van der Waals surface area contributed by atoms with Gasteiger partial charge >= 0.3 is 0 Å². The standard InChI is InChI=1S/C24H31N5O5S2/c1-5-16-21(35-14(2)27-16)23(31)28-24-29(10-7-6-9-25)20-17(34-11-8-19(32-3)33-4)12-15(22(26)30)13-18(20)36-24/h6-7,12-13,19H,5,8-11,25H2,1-4H3,(H2,26,30)/b7-6+,28-24-. The number of benzene rings is 1. The Morgan fingerprint density at radius 3 is 2.61 bits per heavy atom. The molecule has 0 spiro atoms. The van der Waals surface area contributed by atoms with Crippen molar-refractivity contribution in [1.29, 1.82) is 0 Å². The third kappa shape index (κ3) is 6.45. The highest BCUT2D eigenvalue weighted by Gasteiger charge is 2.19. The van der Waals surface area contributed by atoms with Crippen molar-refractivity contribution in [2.75, 3.05) is 27.4 Å². The predicted molar refractivity (Wildman–Crippen MR) is 141 cm³/mol. The maximum atomic E-state index is 13.2. The lowest BCUT2D eigenvalue weighted by molar-refractivity contribution is -0.110. The molecule has 0 saturated heterocycles. The number of aromatic nitrogens is 2. The average molecular weight is 534 g/mol. The van der Waals surface area contributed by atoms with Gasteiger partial charge in [0.05, 0.1) is 22.0 Å². The van der Waals surface area contributed by atoms with Crippen LogP contribution in [0.3, 0.4) is 0 Å². The summed E-state index contributed by atoms with van der Waals surface area (Å²) in [5.41, 5.74) is 12.9. The van der Waals surface area contributed by atoms with Crippen LogP contribution in [0.15, 0.2) is 29.3 Å². The molecule has 0 atom stereocenters. The van der Waals surface area contributed by atoms with Crippen molar-refractivity contribution < 1.29 is 23.8 Å². The third-order valence-corrected chi connectivity index (χ3v) is 7.31. The van der Waals surface area contributed by atoms with Crippen molar-refractivity contribution in [3.63, 3.8) is 0 Å². The van der Waals surface area contributed by atoms with E-state index in [0.29, 0.717) is 57.1 Å². The van der Waals surface area contributed by atoms with Crippen molar-refractivity contribution in [2.24, 2.45) is 16.5 Å². The van der Waals surface area contributed by atoms with Gasteiger partial charge in [-0.2, -0.15) is 4.99 Å². The van der Waals surface area contributed by atoms with Crippen LogP contribution in [0.4, 0.5) is 0 Å². The molecule has 3 rings (SSSR count). The fourth-order valence-electron chi connectivity index (χ4n) is 3.57. The number of rotatable bonds is 12. The van der Waals surface area contributed by atoms with Gasteiger partial charge in [0.15, 0.2) is 11.1 Å². The van der Waals surface area contributed by atoms with Gasteiger partial charge in [0.25, 0.3) is 5.91 Å². The molecule has 0 fully saturated rings. The Hall–Kier alpha value is -2.90. The number of thiazole rings is 2. The minimum Gasteiger partial charge on any atom is -0.491 e. The van der Waals surface area contributed by atoms with E-state index < -0.39 is 12.2 Å². The van der Waals surface area contributed by atoms with E-state index in [1.165, 1.54) is 22.7 Å². The van der Waals surface area contributed by atoms with Crippen molar-refractivity contribution in [2.45, 2.75) is 39.5 Å². The first-order valence-corrected chi connectivity index (χ1v) is 13.0. The number of amides is 2. The van der Waals surface area contributed by atoms with E-state index in [-0.39, 0.29) is 12.5 Å². The summed E-state index contributed by atoms with van der Waals surface area (Å²) in [6.07, 6.45) is 4.38. The minimum atomic E-state index is -0.585. The largest absolute Gasteiger partial charge is 0.491 e. The summed E-state index contributed by atoms with van der Waals surface area (Å²) in [6.45, 7) is 4.86. The van der Waals surface area contributed by atoms with E-state index in [0.717, 1.165) is 10.7 Å². The van der Waals surface area contributed by atoms with E-state index in [9.17, 15) is 9.59 Å².